The van der Waals surface area contributed by atoms with Crippen molar-refractivity contribution in [1.29, 1.82) is 0 Å². The number of benzene rings is 1. The third-order valence-electron chi connectivity index (χ3n) is 10.2. The van der Waals surface area contributed by atoms with E-state index in [1.807, 2.05) is 0 Å². The summed E-state index contributed by atoms with van der Waals surface area (Å²) in [6.07, 6.45) is 39.6. The normalized spacial score (nSPS) is 16.9. The van der Waals surface area contributed by atoms with Crippen molar-refractivity contribution in [3.05, 3.63) is 35.9 Å². The number of rotatable bonds is 34. The van der Waals surface area contributed by atoms with Gasteiger partial charge in [0.15, 0.2) is 0 Å². The van der Waals surface area contributed by atoms with Crippen molar-refractivity contribution < 1.29 is 9.47 Å². The second-order valence-corrected chi connectivity index (χ2v) is 14.7. The Hall–Kier alpha value is -0.900. The van der Waals surface area contributed by atoms with Gasteiger partial charge in [-0.2, -0.15) is 0 Å². The zero-order valence-corrected chi connectivity index (χ0v) is 31.1. The van der Waals surface area contributed by atoms with Crippen LogP contribution in [0.15, 0.2) is 30.3 Å². The van der Waals surface area contributed by atoms with E-state index in [0.29, 0.717) is 0 Å². The largest absolute Gasteiger partial charge is 0.374 e. The Morgan fingerprint density at radius 2 is 0.739 bits per heavy atom. The minimum Gasteiger partial charge on any atom is -0.374 e. The van der Waals surface area contributed by atoms with Crippen LogP contribution in [0, 0.1) is 0 Å². The van der Waals surface area contributed by atoms with E-state index < -0.39 is 0 Å². The molecule has 0 bridgehead atoms. The third kappa shape index (κ3) is 23.4. The van der Waals surface area contributed by atoms with E-state index >= 15 is 0 Å². The maximum atomic E-state index is 6.50. The van der Waals surface area contributed by atoms with Crippen LogP contribution in [0.2, 0.25) is 0 Å². The molecule has 3 heteroatoms. The van der Waals surface area contributed by atoms with E-state index in [-0.39, 0.29) is 12.2 Å². The second-order valence-electron chi connectivity index (χ2n) is 14.7. The van der Waals surface area contributed by atoms with E-state index in [1.54, 1.807) is 0 Å². The maximum Gasteiger partial charge on any atom is 0.0975 e. The quantitative estimate of drug-likeness (QED) is 0.0699. The smallest absolute Gasteiger partial charge is 0.0975 e. The fourth-order valence-corrected chi connectivity index (χ4v) is 7.17. The lowest BCUT2D eigenvalue weighted by Gasteiger charge is -2.20. The Kier molecular flexibility index (Phi) is 28.1. The van der Waals surface area contributed by atoms with E-state index in [4.69, 9.17) is 9.47 Å². The molecule has 0 aromatic heterocycles. The molecule has 1 heterocycles. The first-order valence-corrected chi connectivity index (χ1v) is 20.8. The Bertz CT molecular complexity index is 698. The molecule has 1 aromatic rings. The van der Waals surface area contributed by atoms with Gasteiger partial charge < -0.3 is 9.47 Å². The van der Waals surface area contributed by atoms with Gasteiger partial charge in [0.1, 0.15) is 0 Å². The monoisotopic (exact) mass is 642 g/mol. The van der Waals surface area contributed by atoms with Crippen LogP contribution < -0.4 is 0 Å². The van der Waals surface area contributed by atoms with Crippen LogP contribution in [0.25, 0.3) is 0 Å². The summed E-state index contributed by atoms with van der Waals surface area (Å²) < 4.78 is 13.0. The number of likely N-dealkylation sites (tertiary alicyclic amines) is 1. The predicted molar refractivity (Wildman–Crippen MR) is 202 cm³/mol. The molecular weight excluding hydrogens is 562 g/mol. The van der Waals surface area contributed by atoms with Gasteiger partial charge in [0.25, 0.3) is 0 Å². The van der Waals surface area contributed by atoms with Gasteiger partial charge in [-0.05, 0) is 18.4 Å². The Morgan fingerprint density at radius 3 is 1.07 bits per heavy atom. The van der Waals surface area contributed by atoms with Gasteiger partial charge in [0.2, 0.25) is 0 Å². The van der Waals surface area contributed by atoms with Crippen LogP contribution in [0.4, 0.5) is 0 Å². The van der Waals surface area contributed by atoms with Crippen LogP contribution in [-0.4, -0.2) is 43.4 Å². The maximum absolute atomic E-state index is 6.50. The van der Waals surface area contributed by atoms with Gasteiger partial charge in [0.05, 0.1) is 12.2 Å². The SMILES string of the molecule is CCCCCCCCCCCCCCCCO[C@@H]1CN(Cc2ccccc2)C[C@H]1OCCCCCCCCCCCCCCCC. The van der Waals surface area contributed by atoms with Gasteiger partial charge in [-0.25, -0.2) is 0 Å². The Balaban J connectivity index is 1.49. The van der Waals surface area contributed by atoms with Crippen molar-refractivity contribution >= 4 is 0 Å². The van der Waals surface area contributed by atoms with Crippen LogP contribution >= 0.6 is 0 Å². The van der Waals surface area contributed by atoms with Crippen LogP contribution in [-0.2, 0) is 16.0 Å². The molecule has 1 saturated heterocycles. The van der Waals surface area contributed by atoms with Crippen LogP contribution in [0.5, 0.6) is 0 Å². The van der Waals surface area contributed by atoms with Crippen LogP contribution in [0.3, 0.4) is 0 Å². The number of unbranched alkanes of at least 4 members (excludes halogenated alkanes) is 26. The molecule has 1 aliphatic heterocycles. The summed E-state index contributed by atoms with van der Waals surface area (Å²) in [6, 6.07) is 10.9. The Labute approximate surface area is 288 Å². The first-order valence-electron chi connectivity index (χ1n) is 20.8. The lowest BCUT2D eigenvalue weighted by atomic mass is 10.0. The summed E-state index contributed by atoms with van der Waals surface area (Å²) in [4.78, 5) is 2.54. The van der Waals surface area contributed by atoms with Gasteiger partial charge in [-0.3, -0.25) is 4.90 Å². The first kappa shape index (κ1) is 41.3. The fraction of sp³-hybridized carbons (Fsp3) is 0.860. The topological polar surface area (TPSA) is 21.7 Å². The van der Waals surface area contributed by atoms with Gasteiger partial charge in [-0.15, -0.1) is 0 Å². The van der Waals surface area contributed by atoms with E-state index in [1.165, 1.54) is 185 Å². The number of ether oxygens (including phenoxy) is 2. The van der Waals surface area contributed by atoms with Gasteiger partial charge in [-0.1, -0.05) is 211 Å². The van der Waals surface area contributed by atoms with Crippen molar-refractivity contribution in [2.75, 3.05) is 26.3 Å². The van der Waals surface area contributed by atoms with Gasteiger partial charge >= 0.3 is 0 Å². The van der Waals surface area contributed by atoms with Gasteiger partial charge in [0, 0.05) is 32.8 Å². The molecule has 0 spiro atoms. The molecule has 0 aliphatic carbocycles. The van der Waals surface area contributed by atoms with E-state index in [9.17, 15) is 0 Å². The highest BCUT2D eigenvalue weighted by Gasteiger charge is 2.34. The highest BCUT2D eigenvalue weighted by Crippen LogP contribution is 2.21. The standard InChI is InChI=1S/C43H79NO2/c1-3-5-7-9-11-13-15-17-19-21-23-25-27-32-36-45-42-39-44(38-41-34-30-29-31-35-41)40-43(42)46-37-33-28-26-24-22-20-18-16-14-12-10-8-6-4-2/h29-31,34-35,42-43H,3-28,32-33,36-40H2,1-2H3/t42-,43-/m1/s1. The predicted octanol–water partition coefficient (Wildman–Crippen LogP) is 13.2. The molecule has 1 aromatic carbocycles. The number of hydrogen-bond acceptors (Lipinski definition) is 3. The Morgan fingerprint density at radius 1 is 0.435 bits per heavy atom. The molecular formula is C43H79NO2. The van der Waals surface area contributed by atoms with Crippen molar-refractivity contribution in [2.24, 2.45) is 0 Å². The highest BCUT2D eigenvalue weighted by atomic mass is 16.5. The number of hydrogen-bond donors (Lipinski definition) is 0. The number of nitrogens with zero attached hydrogens (tertiary/aromatic N) is 1. The van der Waals surface area contributed by atoms with Crippen molar-refractivity contribution in [3.8, 4) is 0 Å². The lowest BCUT2D eigenvalue weighted by Crippen LogP contribution is -2.30. The molecule has 46 heavy (non-hydrogen) atoms. The molecule has 1 fully saturated rings. The summed E-state index contributed by atoms with van der Waals surface area (Å²) in [5.41, 5.74) is 1.39. The second kappa shape index (κ2) is 31.4. The summed E-state index contributed by atoms with van der Waals surface area (Å²) >= 11 is 0. The van der Waals surface area contributed by atoms with E-state index in [0.717, 1.165) is 32.8 Å². The van der Waals surface area contributed by atoms with Crippen molar-refractivity contribution in [3.63, 3.8) is 0 Å². The lowest BCUT2D eigenvalue weighted by molar-refractivity contribution is -0.0481. The van der Waals surface area contributed by atoms with E-state index in [2.05, 4.69) is 49.1 Å². The molecule has 0 radical (unpaired) electrons. The van der Waals surface area contributed by atoms with Crippen molar-refractivity contribution in [1.82, 2.24) is 4.90 Å². The molecule has 2 atom stereocenters. The molecule has 268 valence electrons. The molecule has 0 N–H and O–H groups in total. The van der Waals surface area contributed by atoms with Crippen LogP contribution in [0.1, 0.15) is 199 Å². The minimum absolute atomic E-state index is 0.220. The zero-order chi connectivity index (χ0) is 32.6. The van der Waals surface area contributed by atoms with Crippen molar-refractivity contribution in [2.45, 2.75) is 212 Å². The molecule has 1 aliphatic rings. The highest BCUT2D eigenvalue weighted by molar-refractivity contribution is 5.14. The third-order valence-corrected chi connectivity index (χ3v) is 10.2. The average Bonchev–Trinajstić information content (AvgIpc) is 3.45. The zero-order valence-electron chi connectivity index (χ0n) is 31.1. The average molecular weight is 642 g/mol. The summed E-state index contributed by atoms with van der Waals surface area (Å²) in [5.74, 6) is 0. The summed E-state index contributed by atoms with van der Waals surface area (Å²) in [7, 11) is 0. The summed E-state index contributed by atoms with van der Waals surface area (Å²) in [6.45, 7) is 9.37. The fourth-order valence-electron chi connectivity index (χ4n) is 7.17. The minimum atomic E-state index is 0.220. The molecule has 3 nitrogen and oxygen atoms in total. The molecule has 2 rings (SSSR count). The molecule has 0 unspecified atom stereocenters. The first-order chi connectivity index (χ1) is 22.8. The summed E-state index contributed by atoms with van der Waals surface area (Å²) in [5, 5.41) is 0. The molecule has 0 amide bonds. The molecule has 0 saturated carbocycles.